The lowest BCUT2D eigenvalue weighted by molar-refractivity contribution is 0.00578. The normalized spacial score (nSPS) is 21.7. The summed E-state index contributed by atoms with van der Waals surface area (Å²) >= 11 is 0. The average molecular weight is 244 g/mol. The van der Waals surface area contributed by atoms with Gasteiger partial charge >= 0.3 is 7.12 Å². The molecule has 1 aliphatic heterocycles. The first kappa shape index (κ1) is 11.7. The lowest BCUT2D eigenvalue weighted by Crippen LogP contribution is -2.41. The quantitative estimate of drug-likeness (QED) is 0.715. The molecule has 0 radical (unpaired) electrons. The Labute approximate surface area is 107 Å². The van der Waals surface area contributed by atoms with Gasteiger partial charge in [-0.05, 0) is 33.8 Å². The molecule has 0 bridgehead atoms. The number of rotatable bonds is 1. The van der Waals surface area contributed by atoms with Crippen LogP contribution in [0.25, 0.3) is 5.52 Å². The Kier molecular flexibility index (Phi) is 2.34. The lowest BCUT2D eigenvalue weighted by Gasteiger charge is -2.32. The van der Waals surface area contributed by atoms with Gasteiger partial charge in [0.2, 0.25) is 0 Å². The van der Waals surface area contributed by atoms with Crippen molar-refractivity contribution in [1.82, 2.24) is 9.38 Å². The number of pyridine rings is 1. The van der Waals surface area contributed by atoms with Gasteiger partial charge in [-0.3, -0.25) is 0 Å². The van der Waals surface area contributed by atoms with Crippen LogP contribution in [0.1, 0.15) is 27.7 Å². The van der Waals surface area contributed by atoms with Crippen LogP contribution in [0.2, 0.25) is 0 Å². The van der Waals surface area contributed by atoms with Crippen molar-refractivity contribution in [3.05, 3.63) is 30.9 Å². The molecule has 1 saturated heterocycles. The third-order valence-corrected chi connectivity index (χ3v) is 3.99. The molecular weight excluding hydrogens is 227 g/mol. The minimum Gasteiger partial charge on any atom is -0.399 e. The number of imidazole rings is 1. The highest BCUT2D eigenvalue weighted by molar-refractivity contribution is 6.64. The summed E-state index contributed by atoms with van der Waals surface area (Å²) in [5.74, 6) is 0. The second kappa shape index (κ2) is 3.59. The van der Waals surface area contributed by atoms with Crippen LogP contribution in [0.3, 0.4) is 0 Å². The maximum absolute atomic E-state index is 6.06. The van der Waals surface area contributed by atoms with Crippen molar-refractivity contribution in [2.75, 3.05) is 0 Å². The van der Waals surface area contributed by atoms with Crippen molar-refractivity contribution in [1.29, 1.82) is 0 Å². The fraction of sp³-hybridized carbons (Fsp3) is 0.462. The van der Waals surface area contributed by atoms with Crippen molar-refractivity contribution < 1.29 is 9.31 Å². The predicted octanol–water partition coefficient (Wildman–Crippen LogP) is 1.63. The first-order valence-corrected chi connectivity index (χ1v) is 6.17. The van der Waals surface area contributed by atoms with Gasteiger partial charge in [-0.25, -0.2) is 4.98 Å². The number of fused-ring (bicyclic) bond motifs is 1. The van der Waals surface area contributed by atoms with Crippen LogP contribution in [-0.2, 0) is 9.31 Å². The van der Waals surface area contributed by atoms with E-state index in [0.29, 0.717) is 0 Å². The molecule has 0 saturated carbocycles. The number of hydrogen-bond donors (Lipinski definition) is 0. The molecule has 18 heavy (non-hydrogen) atoms. The molecule has 4 nitrogen and oxygen atoms in total. The fourth-order valence-electron chi connectivity index (χ4n) is 2.14. The van der Waals surface area contributed by atoms with Crippen molar-refractivity contribution in [3.8, 4) is 0 Å². The predicted molar refractivity (Wildman–Crippen MR) is 70.9 cm³/mol. The van der Waals surface area contributed by atoms with E-state index >= 15 is 0 Å². The first-order valence-electron chi connectivity index (χ1n) is 6.17. The van der Waals surface area contributed by atoms with Gasteiger partial charge < -0.3 is 13.7 Å². The third kappa shape index (κ3) is 1.58. The largest absolute Gasteiger partial charge is 0.497 e. The highest BCUT2D eigenvalue weighted by Gasteiger charge is 2.52. The number of aromatic nitrogens is 2. The Hall–Kier alpha value is -1.33. The monoisotopic (exact) mass is 244 g/mol. The first-order chi connectivity index (χ1) is 8.41. The molecule has 0 aliphatic carbocycles. The molecule has 0 spiro atoms. The second-order valence-electron chi connectivity index (χ2n) is 5.74. The highest BCUT2D eigenvalue weighted by atomic mass is 16.7. The fourth-order valence-corrected chi connectivity index (χ4v) is 2.14. The van der Waals surface area contributed by atoms with Crippen LogP contribution in [0.4, 0.5) is 0 Å². The van der Waals surface area contributed by atoms with E-state index in [0.717, 1.165) is 11.0 Å². The van der Waals surface area contributed by atoms with Gasteiger partial charge in [0, 0.05) is 11.7 Å². The SMILES string of the molecule is CC1(C)OB(c2cccn3cncc23)OC1(C)C. The molecule has 2 aromatic heterocycles. The zero-order valence-corrected chi connectivity index (χ0v) is 11.2. The van der Waals surface area contributed by atoms with Crippen molar-refractivity contribution in [3.63, 3.8) is 0 Å². The van der Waals surface area contributed by atoms with Gasteiger partial charge in [-0.1, -0.05) is 6.07 Å². The van der Waals surface area contributed by atoms with Crippen LogP contribution < -0.4 is 5.46 Å². The summed E-state index contributed by atoms with van der Waals surface area (Å²) in [6.07, 6.45) is 5.58. The van der Waals surface area contributed by atoms with Crippen LogP contribution >= 0.6 is 0 Å². The molecule has 5 heteroatoms. The topological polar surface area (TPSA) is 35.8 Å². The average Bonchev–Trinajstić information content (AvgIpc) is 2.81. The summed E-state index contributed by atoms with van der Waals surface area (Å²) in [7, 11) is -0.338. The van der Waals surface area contributed by atoms with Crippen LogP contribution in [-0.4, -0.2) is 27.7 Å². The summed E-state index contributed by atoms with van der Waals surface area (Å²) in [4.78, 5) is 4.16. The Morgan fingerprint density at radius 2 is 1.83 bits per heavy atom. The zero-order chi connectivity index (χ0) is 13.0. The van der Waals surface area contributed by atoms with E-state index < -0.39 is 0 Å². The number of nitrogens with zero attached hydrogens (tertiary/aromatic N) is 2. The minimum absolute atomic E-state index is 0.315. The Morgan fingerprint density at radius 3 is 2.50 bits per heavy atom. The van der Waals surface area contributed by atoms with E-state index in [2.05, 4.69) is 32.7 Å². The molecular formula is C13H17BN2O2. The van der Waals surface area contributed by atoms with Crippen molar-refractivity contribution in [2.24, 2.45) is 0 Å². The van der Waals surface area contributed by atoms with Gasteiger partial charge in [0.05, 0.1) is 29.2 Å². The maximum Gasteiger partial charge on any atom is 0.497 e. The van der Waals surface area contributed by atoms with Crippen LogP contribution in [0.5, 0.6) is 0 Å². The molecule has 0 N–H and O–H groups in total. The highest BCUT2D eigenvalue weighted by Crippen LogP contribution is 2.36. The molecule has 0 aromatic carbocycles. The standard InChI is InChI=1S/C13H17BN2O2/c1-12(2)13(3,4)18-14(17-12)10-6-5-7-16-9-15-8-11(10)16/h5-9H,1-4H3. The second-order valence-corrected chi connectivity index (χ2v) is 5.74. The maximum atomic E-state index is 6.06. The molecule has 0 amide bonds. The zero-order valence-electron chi connectivity index (χ0n) is 11.2. The molecule has 0 atom stereocenters. The minimum atomic E-state index is -0.338. The van der Waals surface area contributed by atoms with Gasteiger partial charge in [-0.15, -0.1) is 0 Å². The van der Waals surface area contributed by atoms with Gasteiger partial charge in [0.1, 0.15) is 0 Å². The Morgan fingerprint density at radius 1 is 1.17 bits per heavy atom. The van der Waals surface area contributed by atoms with E-state index in [1.54, 1.807) is 6.33 Å². The molecule has 1 fully saturated rings. The van der Waals surface area contributed by atoms with E-state index in [-0.39, 0.29) is 18.3 Å². The van der Waals surface area contributed by atoms with Gasteiger partial charge in [0.15, 0.2) is 0 Å². The van der Waals surface area contributed by atoms with Crippen molar-refractivity contribution in [2.45, 2.75) is 38.9 Å². The summed E-state index contributed by atoms with van der Waals surface area (Å²) in [6, 6.07) is 4.01. The third-order valence-electron chi connectivity index (χ3n) is 3.99. The van der Waals surface area contributed by atoms with Gasteiger partial charge in [0.25, 0.3) is 0 Å². The van der Waals surface area contributed by atoms with Gasteiger partial charge in [-0.2, -0.15) is 0 Å². The molecule has 3 rings (SSSR count). The molecule has 1 aliphatic rings. The van der Waals surface area contributed by atoms with Crippen LogP contribution in [0, 0.1) is 0 Å². The summed E-state index contributed by atoms with van der Waals surface area (Å²) in [5.41, 5.74) is 1.42. The molecule has 0 unspecified atom stereocenters. The Balaban J connectivity index is 2.05. The Bertz CT molecular complexity index is 575. The molecule has 2 aromatic rings. The smallest absolute Gasteiger partial charge is 0.399 e. The molecule has 94 valence electrons. The van der Waals surface area contributed by atoms with E-state index in [1.165, 1.54) is 0 Å². The molecule has 3 heterocycles. The lowest BCUT2D eigenvalue weighted by atomic mass is 9.79. The van der Waals surface area contributed by atoms with E-state index in [9.17, 15) is 0 Å². The summed E-state index contributed by atoms with van der Waals surface area (Å²) < 4.78 is 14.1. The van der Waals surface area contributed by atoms with E-state index in [4.69, 9.17) is 9.31 Å². The van der Waals surface area contributed by atoms with Crippen LogP contribution in [0.15, 0.2) is 30.9 Å². The number of hydrogen-bond acceptors (Lipinski definition) is 3. The van der Waals surface area contributed by atoms with Crippen molar-refractivity contribution >= 4 is 18.1 Å². The summed E-state index contributed by atoms with van der Waals surface area (Å²) in [5, 5.41) is 0. The van der Waals surface area contributed by atoms with E-state index in [1.807, 2.05) is 28.9 Å². The summed E-state index contributed by atoms with van der Waals surface area (Å²) in [6.45, 7) is 8.24.